The summed E-state index contributed by atoms with van der Waals surface area (Å²) >= 11 is 1.59. The summed E-state index contributed by atoms with van der Waals surface area (Å²) in [6.07, 6.45) is 1.15. The molecule has 2 heterocycles. The molecule has 2 rings (SSSR count). The minimum Gasteiger partial charge on any atom is -0.353 e. The van der Waals surface area contributed by atoms with Gasteiger partial charge in [0, 0.05) is 28.7 Å². The van der Waals surface area contributed by atoms with Crippen LogP contribution in [0.1, 0.15) is 33.9 Å². The summed E-state index contributed by atoms with van der Waals surface area (Å²) in [4.78, 5) is 21.9. The topological polar surface area (TPSA) is 54.9 Å². The van der Waals surface area contributed by atoms with Crippen molar-refractivity contribution >= 4 is 17.2 Å². The van der Waals surface area contributed by atoms with E-state index in [9.17, 15) is 4.79 Å². The van der Waals surface area contributed by atoms with Crippen molar-refractivity contribution in [3.63, 3.8) is 0 Å². The maximum atomic E-state index is 12.1. The monoisotopic (exact) mass is 303 g/mol. The molecule has 0 aliphatic heterocycles. The highest BCUT2D eigenvalue weighted by atomic mass is 32.1. The van der Waals surface area contributed by atoms with Gasteiger partial charge in [0.1, 0.15) is 0 Å². The van der Waals surface area contributed by atoms with Crippen LogP contribution in [0.2, 0.25) is 0 Å². The summed E-state index contributed by atoms with van der Waals surface area (Å²) in [5.41, 5.74) is 2.97. The van der Waals surface area contributed by atoms with E-state index >= 15 is 0 Å². The average molecular weight is 303 g/mol. The molecule has 1 atom stereocenters. The number of pyridine rings is 1. The lowest BCUT2D eigenvalue weighted by Gasteiger charge is -2.13. The first-order valence-electron chi connectivity index (χ1n) is 7.09. The van der Waals surface area contributed by atoms with Gasteiger partial charge >= 0.3 is 0 Å². The lowest BCUT2D eigenvalue weighted by Crippen LogP contribution is -2.35. The molecule has 0 bridgehead atoms. The van der Waals surface area contributed by atoms with E-state index in [2.05, 4.69) is 15.3 Å². The van der Waals surface area contributed by atoms with Gasteiger partial charge in [-0.25, -0.2) is 4.98 Å². The molecule has 5 heteroatoms. The summed E-state index contributed by atoms with van der Waals surface area (Å²) < 4.78 is 0. The van der Waals surface area contributed by atoms with Gasteiger partial charge in [0.05, 0.1) is 17.1 Å². The van der Waals surface area contributed by atoms with E-state index in [0.717, 1.165) is 33.4 Å². The maximum Gasteiger partial charge on any atom is 0.225 e. The van der Waals surface area contributed by atoms with Crippen LogP contribution in [-0.4, -0.2) is 21.9 Å². The second-order valence-corrected chi connectivity index (χ2v) is 6.65. The molecular formula is C16H21N3OS. The van der Waals surface area contributed by atoms with E-state index in [4.69, 9.17) is 0 Å². The molecule has 2 aromatic heterocycles. The number of aromatic nitrogens is 2. The van der Waals surface area contributed by atoms with Crippen LogP contribution in [0.4, 0.5) is 0 Å². The second kappa shape index (κ2) is 6.80. The highest BCUT2D eigenvalue weighted by Crippen LogP contribution is 2.17. The van der Waals surface area contributed by atoms with Gasteiger partial charge < -0.3 is 5.32 Å². The molecule has 2 aromatic rings. The number of hydrogen-bond donors (Lipinski definition) is 1. The third kappa shape index (κ3) is 4.63. The quantitative estimate of drug-likeness (QED) is 0.924. The molecule has 0 radical (unpaired) electrons. The Morgan fingerprint density at radius 3 is 2.67 bits per heavy atom. The number of hydrogen-bond acceptors (Lipinski definition) is 4. The molecule has 0 saturated carbocycles. The van der Waals surface area contributed by atoms with E-state index in [1.54, 1.807) is 11.3 Å². The molecule has 0 fully saturated rings. The molecular weight excluding hydrogens is 282 g/mol. The molecule has 1 unspecified atom stereocenters. The highest BCUT2D eigenvalue weighted by Gasteiger charge is 2.13. The second-order valence-electron chi connectivity index (χ2n) is 5.36. The Morgan fingerprint density at radius 2 is 2.05 bits per heavy atom. The minimum atomic E-state index is 0.0434. The van der Waals surface area contributed by atoms with Crippen molar-refractivity contribution in [1.82, 2.24) is 15.3 Å². The largest absolute Gasteiger partial charge is 0.353 e. The number of nitrogens with one attached hydrogen (secondary N) is 1. The van der Waals surface area contributed by atoms with E-state index < -0.39 is 0 Å². The number of aryl methyl sites for hydroxylation is 3. The van der Waals surface area contributed by atoms with Gasteiger partial charge in [-0.3, -0.25) is 9.78 Å². The van der Waals surface area contributed by atoms with Crippen LogP contribution in [0.3, 0.4) is 0 Å². The average Bonchev–Trinajstić information content (AvgIpc) is 2.67. The van der Waals surface area contributed by atoms with E-state index in [1.165, 1.54) is 0 Å². The number of carbonyl (C=O) groups is 1. The van der Waals surface area contributed by atoms with Gasteiger partial charge in [0.2, 0.25) is 5.91 Å². The Bertz CT molecular complexity index is 636. The van der Waals surface area contributed by atoms with Crippen LogP contribution in [0.15, 0.2) is 18.2 Å². The van der Waals surface area contributed by atoms with Gasteiger partial charge in [0.15, 0.2) is 0 Å². The SMILES string of the molecule is Cc1cccc(CC(C)NC(=O)Cc2sc(C)nc2C)n1. The first-order chi connectivity index (χ1) is 9.94. The molecule has 0 spiro atoms. The van der Waals surface area contributed by atoms with E-state index in [-0.39, 0.29) is 11.9 Å². The fourth-order valence-corrected chi connectivity index (χ4v) is 3.22. The third-order valence-corrected chi connectivity index (χ3v) is 4.26. The van der Waals surface area contributed by atoms with Crippen molar-refractivity contribution in [3.8, 4) is 0 Å². The maximum absolute atomic E-state index is 12.1. The Kier molecular flexibility index (Phi) is 5.07. The summed E-state index contributed by atoms with van der Waals surface area (Å²) in [7, 11) is 0. The number of amides is 1. The summed E-state index contributed by atoms with van der Waals surface area (Å²) in [6, 6.07) is 6.03. The van der Waals surface area contributed by atoms with Crippen molar-refractivity contribution < 1.29 is 4.79 Å². The van der Waals surface area contributed by atoms with Gasteiger partial charge in [-0.05, 0) is 39.8 Å². The standard InChI is InChI=1S/C16H21N3OS/c1-10-6-5-7-14(17-10)8-11(2)18-16(20)9-15-12(3)19-13(4)21-15/h5-7,11H,8-9H2,1-4H3,(H,18,20). The van der Waals surface area contributed by atoms with Crippen LogP contribution >= 0.6 is 11.3 Å². The molecule has 0 saturated heterocycles. The van der Waals surface area contributed by atoms with Crippen molar-refractivity contribution in [3.05, 3.63) is 45.2 Å². The van der Waals surface area contributed by atoms with Gasteiger partial charge in [-0.1, -0.05) is 6.07 Å². The Morgan fingerprint density at radius 1 is 1.29 bits per heavy atom. The molecule has 1 N–H and O–H groups in total. The van der Waals surface area contributed by atoms with Crippen LogP contribution in [-0.2, 0) is 17.6 Å². The summed E-state index contributed by atoms with van der Waals surface area (Å²) in [5.74, 6) is 0.0434. The van der Waals surface area contributed by atoms with Gasteiger partial charge in [0.25, 0.3) is 0 Å². The normalized spacial score (nSPS) is 12.2. The molecule has 1 amide bonds. The Hall–Kier alpha value is -1.75. The van der Waals surface area contributed by atoms with Crippen molar-refractivity contribution in [2.24, 2.45) is 0 Å². The van der Waals surface area contributed by atoms with Crippen molar-refractivity contribution in [2.75, 3.05) is 0 Å². The lowest BCUT2D eigenvalue weighted by molar-refractivity contribution is -0.121. The zero-order valence-electron chi connectivity index (χ0n) is 12.9. The number of nitrogens with zero attached hydrogens (tertiary/aromatic N) is 2. The summed E-state index contributed by atoms with van der Waals surface area (Å²) in [6.45, 7) is 7.89. The molecule has 0 aliphatic carbocycles. The van der Waals surface area contributed by atoms with Gasteiger partial charge in [-0.2, -0.15) is 0 Å². The molecule has 0 aromatic carbocycles. The molecule has 0 aliphatic rings. The number of rotatable bonds is 5. The predicted molar refractivity (Wildman–Crippen MR) is 85.6 cm³/mol. The van der Waals surface area contributed by atoms with E-state index in [0.29, 0.717) is 6.42 Å². The first kappa shape index (κ1) is 15.6. The van der Waals surface area contributed by atoms with Crippen LogP contribution in [0, 0.1) is 20.8 Å². The fourth-order valence-electron chi connectivity index (χ4n) is 2.29. The van der Waals surface area contributed by atoms with Crippen LogP contribution in [0.5, 0.6) is 0 Å². The Balaban J connectivity index is 1.89. The highest BCUT2D eigenvalue weighted by molar-refractivity contribution is 7.11. The van der Waals surface area contributed by atoms with Crippen LogP contribution in [0.25, 0.3) is 0 Å². The lowest BCUT2D eigenvalue weighted by atomic mass is 10.1. The number of carbonyl (C=O) groups excluding carboxylic acids is 1. The fraction of sp³-hybridized carbons (Fsp3) is 0.438. The van der Waals surface area contributed by atoms with Crippen molar-refractivity contribution in [1.29, 1.82) is 0 Å². The molecule has 21 heavy (non-hydrogen) atoms. The van der Waals surface area contributed by atoms with Crippen LogP contribution < -0.4 is 5.32 Å². The zero-order valence-corrected chi connectivity index (χ0v) is 13.8. The van der Waals surface area contributed by atoms with Gasteiger partial charge in [-0.15, -0.1) is 11.3 Å². The smallest absolute Gasteiger partial charge is 0.225 e. The van der Waals surface area contributed by atoms with Crippen molar-refractivity contribution in [2.45, 2.75) is 46.6 Å². The minimum absolute atomic E-state index is 0.0434. The number of thiazole rings is 1. The third-order valence-electron chi connectivity index (χ3n) is 3.19. The molecule has 112 valence electrons. The predicted octanol–water partition coefficient (Wildman–Crippen LogP) is 2.75. The zero-order chi connectivity index (χ0) is 15.4. The molecule has 4 nitrogen and oxygen atoms in total. The van der Waals surface area contributed by atoms with E-state index in [1.807, 2.05) is 45.9 Å². The Labute approximate surface area is 129 Å². The summed E-state index contributed by atoms with van der Waals surface area (Å²) in [5, 5.41) is 4.04. The first-order valence-corrected chi connectivity index (χ1v) is 7.90.